The number of amides is 1. The van der Waals surface area contributed by atoms with Gasteiger partial charge in [0.25, 0.3) is 0 Å². The van der Waals surface area contributed by atoms with Crippen LogP contribution in [0.2, 0.25) is 0 Å². The van der Waals surface area contributed by atoms with E-state index in [1.54, 1.807) is 22.7 Å². The Morgan fingerprint density at radius 2 is 2.00 bits per heavy atom. The molecule has 0 fully saturated rings. The van der Waals surface area contributed by atoms with Crippen LogP contribution in [0.25, 0.3) is 0 Å². The van der Waals surface area contributed by atoms with Crippen LogP contribution < -0.4 is 5.32 Å². The fraction of sp³-hybridized carbons (Fsp3) is 0.588. The summed E-state index contributed by atoms with van der Waals surface area (Å²) in [5, 5.41) is 7.18. The number of thiazole rings is 2. The van der Waals surface area contributed by atoms with Crippen LogP contribution in [0.5, 0.6) is 0 Å². The maximum atomic E-state index is 12.2. The van der Waals surface area contributed by atoms with E-state index in [0.29, 0.717) is 12.3 Å². The minimum absolute atomic E-state index is 0.0197. The van der Waals surface area contributed by atoms with Crippen molar-refractivity contribution in [2.24, 2.45) is 0 Å². The third kappa shape index (κ3) is 3.98. The Kier molecular flexibility index (Phi) is 5.11. The van der Waals surface area contributed by atoms with E-state index in [1.807, 2.05) is 12.3 Å². The van der Waals surface area contributed by atoms with Gasteiger partial charge in [0.05, 0.1) is 28.9 Å². The van der Waals surface area contributed by atoms with Crippen LogP contribution in [0.3, 0.4) is 0 Å². The molecule has 2 aromatic heterocycles. The second-order valence-corrected chi connectivity index (χ2v) is 8.43. The Balaban J connectivity index is 1.59. The number of fused-ring (bicyclic) bond motifs is 1. The number of nitrogens with zero attached hydrogens (tertiary/aromatic N) is 2. The minimum Gasteiger partial charge on any atom is -0.347 e. The van der Waals surface area contributed by atoms with E-state index < -0.39 is 0 Å². The first-order chi connectivity index (χ1) is 11.0. The molecule has 0 bridgehead atoms. The molecule has 6 heteroatoms. The van der Waals surface area contributed by atoms with E-state index in [4.69, 9.17) is 4.98 Å². The fourth-order valence-corrected chi connectivity index (χ4v) is 4.74. The molecule has 1 N–H and O–H groups in total. The maximum Gasteiger partial charge on any atom is 0.226 e. The maximum absolute atomic E-state index is 12.2. The van der Waals surface area contributed by atoms with Crippen molar-refractivity contribution in [3.05, 3.63) is 31.7 Å². The number of hydrogen-bond donors (Lipinski definition) is 1. The van der Waals surface area contributed by atoms with Gasteiger partial charge in [0.15, 0.2) is 0 Å². The summed E-state index contributed by atoms with van der Waals surface area (Å²) in [5.74, 6) is 0.434. The Hall–Kier alpha value is -1.27. The lowest BCUT2D eigenvalue weighted by Gasteiger charge is -2.10. The van der Waals surface area contributed by atoms with Gasteiger partial charge >= 0.3 is 0 Å². The summed E-state index contributed by atoms with van der Waals surface area (Å²) < 4.78 is 0. The zero-order valence-electron chi connectivity index (χ0n) is 13.9. The van der Waals surface area contributed by atoms with Crippen molar-refractivity contribution in [1.29, 1.82) is 0 Å². The highest BCUT2D eigenvalue weighted by Gasteiger charge is 2.20. The fourth-order valence-electron chi connectivity index (χ4n) is 2.74. The highest BCUT2D eigenvalue weighted by Crippen LogP contribution is 2.29. The number of carbonyl (C=O) groups is 1. The summed E-state index contributed by atoms with van der Waals surface area (Å²) >= 11 is 3.39. The van der Waals surface area contributed by atoms with Crippen molar-refractivity contribution in [3.63, 3.8) is 0 Å². The molecule has 0 saturated heterocycles. The average Bonchev–Trinajstić information content (AvgIpc) is 3.13. The third-order valence-corrected chi connectivity index (χ3v) is 6.55. The van der Waals surface area contributed by atoms with Gasteiger partial charge in [0, 0.05) is 16.2 Å². The normalized spacial score (nSPS) is 15.5. The monoisotopic (exact) mass is 349 g/mol. The first-order valence-electron chi connectivity index (χ1n) is 8.25. The van der Waals surface area contributed by atoms with Crippen molar-refractivity contribution < 1.29 is 4.79 Å². The van der Waals surface area contributed by atoms with E-state index in [-0.39, 0.29) is 11.9 Å². The van der Waals surface area contributed by atoms with Crippen molar-refractivity contribution >= 4 is 28.6 Å². The molecule has 1 amide bonds. The lowest BCUT2D eigenvalue weighted by molar-refractivity contribution is -0.121. The van der Waals surface area contributed by atoms with Crippen LogP contribution in [-0.4, -0.2) is 15.9 Å². The van der Waals surface area contributed by atoms with Crippen LogP contribution in [0.15, 0.2) is 5.38 Å². The second kappa shape index (κ2) is 7.09. The number of carbonyl (C=O) groups excluding carboxylic acids is 1. The summed E-state index contributed by atoms with van der Waals surface area (Å²) in [7, 11) is 0. The molecule has 0 aliphatic heterocycles. The van der Waals surface area contributed by atoms with Gasteiger partial charge < -0.3 is 5.32 Å². The summed E-state index contributed by atoms with van der Waals surface area (Å²) in [6.45, 7) is 6.26. The molecule has 124 valence electrons. The summed E-state index contributed by atoms with van der Waals surface area (Å²) in [6, 6.07) is -0.0266. The Bertz CT molecular complexity index is 666. The smallest absolute Gasteiger partial charge is 0.226 e. The Morgan fingerprint density at radius 1 is 1.22 bits per heavy atom. The van der Waals surface area contributed by atoms with E-state index in [0.717, 1.165) is 28.6 Å². The summed E-state index contributed by atoms with van der Waals surface area (Å²) in [4.78, 5) is 22.9. The van der Waals surface area contributed by atoms with Gasteiger partial charge in [0.1, 0.15) is 5.01 Å². The average molecular weight is 350 g/mol. The van der Waals surface area contributed by atoms with Gasteiger partial charge in [0.2, 0.25) is 5.91 Å². The molecule has 2 heterocycles. The van der Waals surface area contributed by atoms with Gasteiger partial charge in [-0.2, -0.15) is 0 Å². The molecule has 1 atom stereocenters. The van der Waals surface area contributed by atoms with Gasteiger partial charge in [-0.05, 0) is 32.6 Å². The van der Waals surface area contributed by atoms with Crippen molar-refractivity contribution in [2.45, 2.75) is 64.8 Å². The highest BCUT2D eigenvalue weighted by atomic mass is 32.1. The molecule has 0 radical (unpaired) electrons. The molecule has 0 aromatic carbocycles. The number of aromatic nitrogens is 2. The molecule has 4 nitrogen and oxygen atoms in total. The van der Waals surface area contributed by atoms with E-state index in [1.165, 1.54) is 23.4 Å². The molecule has 3 rings (SSSR count). The quantitative estimate of drug-likeness (QED) is 0.887. The van der Waals surface area contributed by atoms with Gasteiger partial charge in [-0.1, -0.05) is 13.8 Å². The van der Waals surface area contributed by atoms with Crippen LogP contribution in [0.1, 0.15) is 71.9 Å². The third-order valence-electron chi connectivity index (χ3n) is 4.02. The first kappa shape index (κ1) is 16.6. The van der Waals surface area contributed by atoms with Crippen molar-refractivity contribution in [1.82, 2.24) is 15.3 Å². The van der Waals surface area contributed by atoms with Crippen LogP contribution >= 0.6 is 22.7 Å². The Labute approximate surface area is 145 Å². The largest absolute Gasteiger partial charge is 0.347 e. The SMILES string of the molecule is CC(C)c1nc(CC(=O)N[C@@H](C)c2nc3c(s2)CCCC3)cs1. The van der Waals surface area contributed by atoms with Gasteiger partial charge in [-0.25, -0.2) is 9.97 Å². The lowest BCUT2D eigenvalue weighted by Crippen LogP contribution is -2.28. The standard InChI is InChI=1S/C17H23N3OS2/c1-10(2)16-19-12(9-22-16)8-15(21)18-11(3)17-20-13-6-4-5-7-14(13)23-17/h9-11H,4-8H2,1-3H3,(H,18,21)/t11-/m0/s1. The second-order valence-electron chi connectivity index (χ2n) is 6.43. The molecule has 2 aromatic rings. The molecular formula is C17H23N3OS2. The van der Waals surface area contributed by atoms with Gasteiger partial charge in [-0.15, -0.1) is 22.7 Å². The Morgan fingerprint density at radius 3 is 2.70 bits per heavy atom. The van der Waals surface area contributed by atoms with E-state index >= 15 is 0 Å². The van der Waals surface area contributed by atoms with Crippen molar-refractivity contribution in [2.75, 3.05) is 0 Å². The lowest BCUT2D eigenvalue weighted by atomic mass is 10.0. The number of hydrogen-bond acceptors (Lipinski definition) is 5. The number of rotatable bonds is 5. The predicted octanol–water partition coefficient (Wildman–Crippen LogP) is 4.02. The number of nitrogens with one attached hydrogen (secondary N) is 1. The zero-order chi connectivity index (χ0) is 16.4. The summed E-state index contributed by atoms with van der Waals surface area (Å²) in [6.07, 6.45) is 5.07. The molecule has 0 spiro atoms. The van der Waals surface area contributed by atoms with E-state index in [2.05, 4.69) is 24.1 Å². The molecule has 23 heavy (non-hydrogen) atoms. The minimum atomic E-state index is -0.0266. The molecule has 1 aliphatic rings. The highest BCUT2D eigenvalue weighted by molar-refractivity contribution is 7.11. The van der Waals surface area contributed by atoms with Gasteiger partial charge in [-0.3, -0.25) is 4.79 Å². The van der Waals surface area contributed by atoms with Crippen LogP contribution in [0.4, 0.5) is 0 Å². The van der Waals surface area contributed by atoms with Crippen LogP contribution in [0, 0.1) is 0 Å². The molecular weight excluding hydrogens is 326 g/mol. The first-order valence-corrected chi connectivity index (χ1v) is 9.94. The molecule has 0 saturated carbocycles. The van der Waals surface area contributed by atoms with E-state index in [9.17, 15) is 4.79 Å². The van der Waals surface area contributed by atoms with Crippen LogP contribution in [-0.2, 0) is 24.1 Å². The summed E-state index contributed by atoms with van der Waals surface area (Å²) in [5.41, 5.74) is 2.11. The number of aryl methyl sites for hydroxylation is 2. The van der Waals surface area contributed by atoms with Crippen molar-refractivity contribution in [3.8, 4) is 0 Å². The topological polar surface area (TPSA) is 54.9 Å². The zero-order valence-corrected chi connectivity index (χ0v) is 15.5. The predicted molar refractivity (Wildman–Crippen MR) is 95.2 cm³/mol. The molecule has 1 aliphatic carbocycles. The molecule has 0 unspecified atom stereocenters.